The third-order valence-electron chi connectivity index (χ3n) is 6.86. The summed E-state index contributed by atoms with van der Waals surface area (Å²) >= 11 is 1.35. The van der Waals surface area contributed by atoms with Crippen LogP contribution in [0.15, 0.2) is 58.4 Å². The van der Waals surface area contributed by atoms with Crippen molar-refractivity contribution in [1.29, 1.82) is 0 Å². The van der Waals surface area contributed by atoms with Crippen molar-refractivity contribution < 1.29 is 32.3 Å². The molecule has 0 unspecified atom stereocenters. The van der Waals surface area contributed by atoms with Gasteiger partial charge in [0.15, 0.2) is 17.2 Å². The largest absolute Gasteiger partial charge is 0.502 e. The number of halogens is 4. The van der Waals surface area contributed by atoms with Crippen LogP contribution in [-0.2, 0) is 5.75 Å². The number of fused-ring (bicyclic) bond motifs is 3. The SMILES string of the molecule is CC(=O)c1cn2c(c(O)c1=O)C(=O)N([C@H](C)C(F)(F)F)CN2[C@@H]1c2ccccc2SCc2c(F)cccc21. The summed E-state index contributed by atoms with van der Waals surface area (Å²) in [5.41, 5.74) is -0.951. The number of Topliss-reactive ketones (excluding diaryl/α,β-unsaturated/α-hetero) is 1. The van der Waals surface area contributed by atoms with Crippen molar-refractivity contribution in [3.63, 3.8) is 0 Å². The van der Waals surface area contributed by atoms with E-state index in [4.69, 9.17) is 0 Å². The van der Waals surface area contributed by atoms with Gasteiger partial charge in [-0.25, -0.2) is 4.39 Å². The van der Waals surface area contributed by atoms with Crippen LogP contribution >= 0.6 is 11.8 Å². The average molecular weight is 548 g/mol. The van der Waals surface area contributed by atoms with Gasteiger partial charge in [0.2, 0.25) is 5.43 Å². The van der Waals surface area contributed by atoms with Crippen LogP contribution < -0.4 is 10.4 Å². The van der Waals surface area contributed by atoms with Crippen LogP contribution in [0.3, 0.4) is 0 Å². The van der Waals surface area contributed by atoms with Crippen LogP contribution in [0.1, 0.15) is 57.4 Å². The number of pyridine rings is 1. The summed E-state index contributed by atoms with van der Waals surface area (Å²) in [4.78, 5) is 39.5. The Kier molecular flexibility index (Phi) is 6.25. The minimum Gasteiger partial charge on any atom is -0.502 e. The standard InChI is InChI=1S/C26H21F4N3O4S/c1-13(34)17-10-32-22(24(36)23(17)35)25(37)31(14(2)26(28,29)30)12-33(32)21-15-7-5-8-19(27)18(15)11-38-20-9-4-3-6-16(20)21/h3-10,14,21,36H,11-12H2,1-2H3/t14-,21+/m1/s1. The molecule has 0 spiro atoms. The average Bonchev–Trinajstić information content (AvgIpc) is 3.03. The van der Waals surface area contributed by atoms with Gasteiger partial charge in [0.1, 0.15) is 18.5 Å². The van der Waals surface area contributed by atoms with Crippen LogP contribution in [0.25, 0.3) is 0 Å². The minimum atomic E-state index is -4.82. The number of hydrogen-bond donors (Lipinski definition) is 1. The van der Waals surface area contributed by atoms with Gasteiger partial charge in [0, 0.05) is 22.4 Å². The quantitative estimate of drug-likeness (QED) is 0.382. The Labute approximate surface area is 218 Å². The third-order valence-corrected chi connectivity index (χ3v) is 7.97. The normalized spacial score (nSPS) is 17.8. The molecule has 2 atom stereocenters. The fourth-order valence-electron chi connectivity index (χ4n) is 4.81. The highest BCUT2D eigenvalue weighted by Crippen LogP contribution is 2.44. The van der Waals surface area contributed by atoms with Crippen molar-refractivity contribution in [1.82, 2.24) is 9.58 Å². The van der Waals surface area contributed by atoms with E-state index in [1.165, 1.54) is 28.9 Å². The second-order valence-corrected chi connectivity index (χ2v) is 10.1. The number of carbonyl (C=O) groups excluding carboxylic acids is 2. The lowest BCUT2D eigenvalue weighted by molar-refractivity contribution is -0.173. The summed E-state index contributed by atoms with van der Waals surface area (Å²) in [6, 6.07) is 8.24. The molecule has 3 heterocycles. The van der Waals surface area contributed by atoms with Gasteiger partial charge in [-0.15, -0.1) is 11.8 Å². The molecule has 1 amide bonds. The first-order valence-electron chi connectivity index (χ1n) is 11.5. The molecule has 0 saturated heterocycles. The summed E-state index contributed by atoms with van der Waals surface area (Å²) in [6.45, 7) is 1.26. The molecule has 2 aromatic carbocycles. The number of nitrogens with zero attached hydrogens (tertiary/aromatic N) is 3. The maximum absolute atomic E-state index is 15.0. The fraction of sp³-hybridized carbons (Fsp3) is 0.269. The Balaban J connectivity index is 1.84. The number of carbonyl (C=O) groups is 2. The highest BCUT2D eigenvalue weighted by molar-refractivity contribution is 7.98. The molecule has 0 radical (unpaired) electrons. The number of thioether (sulfide) groups is 1. The van der Waals surface area contributed by atoms with E-state index < -0.39 is 64.9 Å². The van der Waals surface area contributed by atoms with E-state index in [0.717, 1.165) is 29.6 Å². The lowest BCUT2D eigenvalue weighted by Crippen LogP contribution is -2.60. The molecule has 0 fully saturated rings. The van der Waals surface area contributed by atoms with Gasteiger partial charge in [-0.1, -0.05) is 30.3 Å². The van der Waals surface area contributed by atoms with Crippen molar-refractivity contribution in [2.24, 2.45) is 0 Å². The number of alkyl halides is 3. The summed E-state index contributed by atoms with van der Waals surface area (Å²) < 4.78 is 57.7. The molecule has 1 N–H and O–H groups in total. The summed E-state index contributed by atoms with van der Waals surface area (Å²) in [7, 11) is 0. The van der Waals surface area contributed by atoms with E-state index in [2.05, 4.69) is 0 Å². The lowest BCUT2D eigenvalue weighted by atomic mass is 9.94. The van der Waals surface area contributed by atoms with Crippen LogP contribution in [0.4, 0.5) is 17.6 Å². The van der Waals surface area contributed by atoms with Gasteiger partial charge < -0.3 is 10.0 Å². The number of hydrogen-bond acceptors (Lipinski definition) is 6. The number of benzene rings is 2. The Morgan fingerprint density at radius 3 is 2.47 bits per heavy atom. The Hall–Kier alpha value is -3.80. The second-order valence-electron chi connectivity index (χ2n) is 9.08. The summed E-state index contributed by atoms with van der Waals surface area (Å²) in [6.07, 6.45) is -3.77. The zero-order valence-corrected chi connectivity index (χ0v) is 20.9. The predicted octanol–water partition coefficient (Wildman–Crippen LogP) is 4.59. The van der Waals surface area contributed by atoms with Crippen LogP contribution in [-0.4, -0.2) is 45.3 Å². The Morgan fingerprint density at radius 2 is 1.79 bits per heavy atom. The zero-order chi connectivity index (χ0) is 27.5. The van der Waals surface area contributed by atoms with E-state index >= 15 is 4.39 Å². The van der Waals surface area contributed by atoms with Gasteiger partial charge >= 0.3 is 6.18 Å². The summed E-state index contributed by atoms with van der Waals surface area (Å²) in [5.74, 6) is -3.34. The molecule has 198 valence electrons. The monoisotopic (exact) mass is 547 g/mol. The topological polar surface area (TPSA) is 82.8 Å². The van der Waals surface area contributed by atoms with Gasteiger partial charge in [-0.2, -0.15) is 13.2 Å². The lowest BCUT2D eigenvalue weighted by Gasteiger charge is -2.46. The molecule has 38 heavy (non-hydrogen) atoms. The van der Waals surface area contributed by atoms with Gasteiger partial charge in [0.25, 0.3) is 5.91 Å². The molecule has 0 bridgehead atoms. The zero-order valence-electron chi connectivity index (χ0n) is 20.1. The van der Waals surface area contributed by atoms with E-state index in [1.54, 1.807) is 30.3 Å². The van der Waals surface area contributed by atoms with Gasteiger partial charge in [-0.05, 0) is 37.1 Å². The van der Waals surface area contributed by atoms with E-state index in [1.807, 2.05) is 0 Å². The molecule has 1 aromatic heterocycles. The number of rotatable bonds is 3. The number of aromatic nitrogens is 1. The second kappa shape index (κ2) is 9.19. The molecule has 12 heteroatoms. The molecule has 2 aliphatic rings. The first-order chi connectivity index (χ1) is 17.9. The number of aromatic hydroxyl groups is 1. The van der Waals surface area contributed by atoms with Crippen LogP contribution in [0.5, 0.6) is 5.75 Å². The van der Waals surface area contributed by atoms with Gasteiger partial charge in [-0.3, -0.25) is 24.1 Å². The molecule has 5 rings (SSSR count). The highest BCUT2D eigenvalue weighted by atomic mass is 32.2. The van der Waals surface area contributed by atoms with Gasteiger partial charge in [0.05, 0.1) is 11.6 Å². The van der Waals surface area contributed by atoms with Crippen molar-refractivity contribution in [3.05, 3.63) is 92.6 Å². The maximum Gasteiger partial charge on any atom is 0.408 e. The van der Waals surface area contributed by atoms with Crippen molar-refractivity contribution >= 4 is 23.5 Å². The smallest absolute Gasteiger partial charge is 0.408 e. The fourth-order valence-corrected chi connectivity index (χ4v) is 5.93. The minimum absolute atomic E-state index is 0.242. The summed E-state index contributed by atoms with van der Waals surface area (Å²) in [5, 5.41) is 12.1. The molecular formula is C26H21F4N3O4S. The molecule has 2 aliphatic heterocycles. The first-order valence-corrected chi connectivity index (χ1v) is 12.5. The van der Waals surface area contributed by atoms with E-state index in [0.29, 0.717) is 21.6 Å². The third kappa shape index (κ3) is 4.03. The van der Waals surface area contributed by atoms with Crippen molar-refractivity contribution in [2.75, 3.05) is 11.7 Å². The molecule has 3 aromatic rings. The molecule has 7 nitrogen and oxygen atoms in total. The van der Waals surface area contributed by atoms with Crippen LogP contribution in [0, 0.1) is 5.82 Å². The number of amides is 1. The molecule has 0 saturated carbocycles. The van der Waals surface area contributed by atoms with E-state index in [-0.39, 0.29) is 5.75 Å². The maximum atomic E-state index is 15.0. The van der Waals surface area contributed by atoms with Crippen molar-refractivity contribution in [2.45, 2.75) is 42.8 Å². The number of ketones is 1. The first kappa shape index (κ1) is 25.8. The van der Waals surface area contributed by atoms with E-state index in [9.17, 15) is 32.7 Å². The Morgan fingerprint density at radius 1 is 1.11 bits per heavy atom. The highest BCUT2D eigenvalue weighted by Gasteiger charge is 2.48. The molecular weight excluding hydrogens is 526 g/mol. The predicted molar refractivity (Wildman–Crippen MR) is 131 cm³/mol. The van der Waals surface area contributed by atoms with Crippen molar-refractivity contribution in [3.8, 4) is 5.75 Å². The van der Waals surface area contributed by atoms with Crippen LogP contribution in [0.2, 0.25) is 0 Å². The Bertz CT molecular complexity index is 1540. The molecule has 0 aliphatic carbocycles.